The first-order chi connectivity index (χ1) is 68.1. The summed E-state index contributed by atoms with van der Waals surface area (Å²) in [6, 6.07) is 20.1. The van der Waals surface area contributed by atoms with Gasteiger partial charge in [-0.2, -0.15) is 41.6 Å². The number of halogens is 6. The number of ether oxygens (including phenoxy) is 3. The van der Waals surface area contributed by atoms with Gasteiger partial charge in [-0.15, -0.1) is 35.3 Å². The number of aliphatic hydroxyl groups excluding tert-OH is 9. The number of ketones is 3. The molecule has 6 fully saturated rings. The zero-order valence-corrected chi connectivity index (χ0v) is 90.4. The molecule has 9 heterocycles. The number of carbonyl (C=O) groups excluding carboxylic acids is 6. The van der Waals surface area contributed by atoms with E-state index >= 15 is 0 Å². The Morgan fingerprint density at radius 3 is 0.911 bits per heavy atom. The molecule has 0 aliphatic carbocycles. The Kier molecular flexibility index (Phi) is 39.9. The number of aromatic nitrogens is 6. The summed E-state index contributed by atoms with van der Waals surface area (Å²) >= 11 is 4.16. The van der Waals surface area contributed by atoms with Crippen LogP contribution in [-0.2, 0) is 55.3 Å². The van der Waals surface area contributed by atoms with Gasteiger partial charge in [-0.05, 0) is 230 Å². The minimum absolute atomic E-state index is 0.0153. The molecule has 0 bridgehead atoms. The highest BCUT2D eigenvalue weighted by atomic mass is 32.2. The molecule has 6 aliphatic heterocycles. The molecule has 0 amide bonds. The number of anilines is 3. The third-order valence-electron chi connectivity index (χ3n) is 31.9. The van der Waals surface area contributed by atoms with E-state index in [1.165, 1.54) is 57.2 Å². The number of hydrogen-bond acceptors (Lipinski definition) is 30. The van der Waals surface area contributed by atoms with Gasteiger partial charge < -0.3 is 77.4 Å². The molecule has 30 nitrogen and oxygen atoms in total. The highest BCUT2D eigenvalue weighted by Gasteiger charge is 2.62. The maximum atomic E-state index is 13.6. The third kappa shape index (κ3) is 27.7. The van der Waals surface area contributed by atoms with Crippen LogP contribution in [0.25, 0.3) is 35.3 Å². The minimum atomic E-state index is -4.64. The van der Waals surface area contributed by atoms with Gasteiger partial charge in [0.2, 0.25) is 0 Å². The van der Waals surface area contributed by atoms with E-state index in [1.54, 1.807) is 125 Å². The molecule has 15 N–H and O–H groups in total. The predicted octanol–water partition coefficient (Wildman–Crippen LogP) is 15.5. The van der Waals surface area contributed by atoms with Gasteiger partial charge in [-0.25, -0.2) is 14.0 Å². The molecule has 3 aromatic carbocycles. The molecule has 39 heteroatoms. The number of nitrogen functional groups attached to an aromatic ring is 3. The first-order valence-electron chi connectivity index (χ1n) is 50.3. The van der Waals surface area contributed by atoms with Crippen molar-refractivity contribution in [2.45, 2.75) is 338 Å². The molecule has 3 unspecified atom stereocenters. The average molecular weight is 2110 g/mol. The summed E-state index contributed by atoms with van der Waals surface area (Å²) in [5, 5.41) is 112. The normalized spacial score (nSPS) is 32.0. The monoisotopic (exact) mass is 2110 g/mol. The highest BCUT2D eigenvalue weighted by Crippen LogP contribution is 2.53. The molecule has 3 aromatic heterocycles. The van der Waals surface area contributed by atoms with Crippen molar-refractivity contribution in [3.05, 3.63) is 124 Å². The van der Waals surface area contributed by atoms with E-state index in [-0.39, 0.29) is 107 Å². The van der Waals surface area contributed by atoms with Crippen LogP contribution in [0.2, 0.25) is 0 Å². The van der Waals surface area contributed by atoms with E-state index in [9.17, 15) is 101 Å². The zero-order valence-electron chi connectivity index (χ0n) is 87.9. The Labute approximate surface area is 866 Å². The second-order valence-corrected chi connectivity index (χ2v) is 45.7. The van der Waals surface area contributed by atoms with Crippen molar-refractivity contribution < 1.29 is 115 Å². The molecule has 810 valence electrons. The first-order valence-corrected chi connectivity index (χ1v) is 54.0. The van der Waals surface area contributed by atoms with Gasteiger partial charge in [0.1, 0.15) is 50.7 Å². The second kappa shape index (κ2) is 48.8. The van der Waals surface area contributed by atoms with Crippen molar-refractivity contribution in [2.24, 2.45) is 51.8 Å². The Morgan fingerprint density at radius 1 is 0.411 bits per heavy atom. The van der Waals surface area contributed by atoms with E-state index in [1.807, 2.05) is 75.0 Å². The molecular formula is C107H154F6N12O18S3. The number of esters is 3. The smallest absolute Gasteiger partial charge is 0.418 e. The maximum Gasteiger partial charge on any atom is 0.418 e. The van der Waals surface area contributed by atoms with Gasteiger partial charge >= 0.3 is 30.3 Å². The van der Waals surface area contributed by atoms with E-state index in [4.69, 9.17) is 36.5 Å². The lowest BCUT2D eigenvalue weighted by molar-refractivity contribution is -0.156. The Balaban J connectivity index is 0.000000225. The fourth-order valence-electron chi connectivity index (χ4n) is 21.7. The lowest BCUT2D eigenvalue weighted by Gasteiger charge is -2.34. The Bertz CT molecular complexity index is 5400. The maximum absolute atomic E-state index is 13.6. The largest absolute Gasteiger partial charge is 0.458 e. The fraction of sp³-hybridized carbons (Fsp3) is 0.636. The van der Waals surface area contributed by atoms with Gasteiger partial charge in [-0.1, -0.05) is 102 Å². The number of nitrogens with two attached hydrogens (primary N) is 3. The molecule has 6 aliphatic rings. The minimum Gasteiger partial charge on any atom is -0.458 e. The summed E-state index contributed by atoms with van der Waals surface area (Å²) in [5.74, 6) is -5.68. The number of hydrogen-bond donors (Lipinski definition) is 12. The molecule has 0 saturated carbocycles. The van der Waals surface area contributed by atoms with Crippen LogP contribution in [0.15, 0.2) is 111 Å². The number of β-amino-alcohol motifs (C(OH)–C–C–N with tert-alkyl or cyclic N) is 3. The standard InChI is InChI=1S/2C36H51F3N4O6S.C35H52N4O6S/c2*1-20-9-8-12-35(6)28(42(35)13-14-44)18-27(49-31(46)19-29(45)34(4,5)33(48)22(3)32(20)47)21(2)15-23-16-30(50-7)43(41-23)24-10-11-26(40)25(17-24)36(37,38)39;1-21-9-8-14-35(6)28(38(35)15-16-40)19-27(45-31(42)20-29(41)34(4,5)33(44)23(3)32(21)43)22(2)17-25-18-30(46-7)39(37-25)26-12-10-24(36)11-13-26/h2*10-11,15-17,20,22,27-29,32,44-45,47H,8-9,12-14,18-19,40H2,1-7H3;10-13,17-18,21,23,27-29,32,40-41,43H,8-9,14-16,19-20,36H2,1-7H3/b2*21-15+;22-17+/t2*20-,22+,27-,28-,29-,32-,35+,42?;21-,23+,27-,28-,29-,32-,35+,38?/m000/s1. The van der Waals surface area contributed by atoms with E-state index in [0.717, 1.165) is 73.4 Å². The topological polar surface area (TPSA) is 453 Å². The highest BCUT2D eigenvalue weighted by molar-refractivity contribution is 7.99. The number of aliphatic hydroxyl groups is 9. The van der Waals surface area contributed by atoms with Crippen molar-refractivity contribution in [3.63, 3.8) is 0 Å². The van der Waals surface area contributed by atoms with Crippen molar-refractivity contribution >= 4 is 106 Å². The molecule has 6 saturated heterocycles. The molecule has 146 heavy (non-hydrogen) atoms. The SMILES string of the molecule is CSc1cc(/C=C(\C)[C@@H]2C[C@@H]3N(CCO)[C@]3(C)CCC[C@H](C)[C@H](O)[C@@H](C)C(=O)C(C)(C)[C@@H](O)CC(=O)O2)nn1-c1ccc(N)c(C(F)(F)F)c1.CSc1cc(/C=C(\C)[C@@H]2C[C@@H]3N(CCO)[C@]3(C)CCC[C@H](C)[C@H](O)[C@@H](C)C(=O)C(C)(C)[C@@H](O)CC(=O)O2)nn1-c1ccc(N)c(C(F)(F)F)c1.CSc1cc(/C=C(\C)[C@@H]2C[C@@H]3N(CCO)[C@]3(C)CCC[C@H](C)[C@H](O)[C@@H](C)C(=O)C(C)(C)[C@@H](O)CC(=O)O2)nn1-c1ccc(N)cc1. The Hall–Kier alpha value is -8.52. The van der Waals surface area contributed by atoms with Gasteiger partial charge in [0.05, 0.1) is 137 Å². The van der Waals surface area contributed by atoms with Crippen molar-refractivity contribution in [3.8, 4) is 17.1 Å². The number of carbonyl (C=O) groups is 6. The summed E-state index contributed by atoms with van der Waals surface area (Å²) in [4.78, 5) is 87.3. The lowest BCUT2D eigenvalue weighted by atomic mass is 9.73. The summed E-state index contributed by atoms with van der Waals surface area (Å²) in [5.41, 5.74) is 15.2. The van der Waals surface area contributed by atoms with E-state index < -0.39 is 155 Å². The molecule has 12 rings (SSSR count). The summed E-state index contributed by atoms with van der Waals surface area (Å²) in [6.45, 7) is 33.4. The third-order valence-corrected chi connectivity index (χ3v) is 34.0. The number of benzene rings is 3. The number of rotatable bonds is 18. The molecule has 0 radical (unpaired) electrons. The summed E-state index contributed by atoms with van der Waals surface area (Å²) in [7, 11) is 0. The molecule has 24 atom stereocenters. The zero-order chi connectivity index (χ0) is 109. The van der Waals surface area contributed by atoms with Crippen LogP contribution in [0, 0.1) is 51.8 Å². The Morgan fingerprint density at radius 2 is 0.664 bits per heavy atom. The fourth-order valence-corrected chi connectivity index (χ4v) is 23.3. The van der Waals surface area contributed by atoms with Gasteiger partial charge in [0.25, 0.3) is 0 Å². The van der Waals surface area contributed by atoms with Crippen molar-refractivity contribution in [2.75, 3.05) is 75.4 Å². The van der Waals surface area contributed by atoms with Crippen molar-refractivity contribution in [1.82, 2.24) is 44.0 Å². The van der Waals surface area contributed by atoms with Crippen LogP contribution in [0.1, 0.15) is 249 Å². The molecule has 6 aromatic rings. The van der Waals surface area contributed by atoms with E-state index in [0.29, 0.717) is 95.7 Å². The predicted molar refractivity (Wildman–Crippen MR) is 554 cm³/mol. The van der Waals surface area contributed by atoms with Crippen LogP contribution in [0.5, 0.6) is 0 Å². The van der Waals surface area contributed by atoms with Crippen LogP contribution < -0.4 is 17.2 Å². The number of cyclic esters (lactones) is 3. The number of fused-ring (bicyclic) bond motifs is 3. The van der Waals surface area contributed by atoms with Crippen molar-refractivity contribution in [1.29, 1.82) is 0 Å². The lowest BCUT2D eigenvalue weighted by Crippen LogP contribution is -2.45. The number of Topliss-reactive ketones (excluding diaryl/α,β-unsaturated/α-hetero) is 3. The number of thioether (sulfide) groups is 3. The molecular weight excluding hydrogens is 1950 g/mol. The summed E-state index contributed by atoms with van der Waals surface area (Å²) < 4.78 is 105. The first kappa shape index (κ1) is 119. The van der Waals surface area contributed by atoms with Gasteiger partial charge in [-0.3, -0.25) is 43.5 Å². The number of nitrogens with zero attached hydrogens (tertiary/aromatic N) is 9. The van der Waals surface area contributed by atoms with Gasteiger partial charge in [0.15, 0.2) is 0 Å². The van der Waals surface area contributed by atoms with E-state index in [2.05, 4.69) is 45.7 Å². The second-order valence-electron chi connectivity index (χ2n) is 43.2. The van der Waals surface area contributed by atoms with Crippen LogP contribution in [0.4, 0.5) is 43.4 Å². The van der Waals surface area contributed by atoms with Crippen LogP contribution in [-0.4, -0.2) is 273 Å². The number of alkyl halides is 6. The van der Waals surface area contributed by atoms with Gasteiger partial charge in [0, 0.05) is 108 Å². The quantitative estimate of drug-likeness (QED) is 0.00949. The summed E-state index contributed by atoms with van der Waals surface area (Å²) in [6.07, 6.45) is -0.450. The van der Waals surface area contributed by atoms with Crippen LogP contribution in [0.3, 0.4) is 0 Å². The molecule has 0 spiro atoms. The van der Waals surface area contributed by atoms with Crippen LogP contribution >= 0.6 is 35.3 Å². The average Bonchev–Trinajstić information content (AvgIpc) is 1.57.